The van der Waals surface area contributed by atoms with E-state index in [-0.39, 0.29) is 19.0 Å². The summed E-state index contributed by atoms with van der Waals surface area (Å²) >= 11 is 1.82. The zero-order valence-electron chi connectivity index (χ0n) is 19.8. The standard InChI is InChI=1S/C24H40O8S/c1-26-22-7-5-21(6-8-22)19-33-20-23(18-32-24-4-2-3-10-31-24)30-17-16-29-15-14-28-13-12-27-11-9-25/h5-8,23-25H,2-4,9-20H2,1H3/t23-,24?/m1/s1. The van der Waals surface area contributed by atoms with Crippen LogP contribution in [0, 0.1) is 0 Å². The largest absolute Gasteiger partial charge is 0.497 e. The Morgan fingerprint density at radius 1 is 0.970 bits per heavy atom. The number of hydrogen-bond acceptors (Lipinski definition) is 9. The van der Waals surface area contributed by atoms with Crippen LogP contribution in [0.25, 0.3) is 0 Å². The van der Waals surface area contributed by atoms with Crippen LogP contribution in [0.5, 0.6) is 5.75 Å². The third-order valence-electron chi connectivity index (χ3n) is 4.90. The van der Waals surface area contributed by atoms with Crippen LogP contribution in [0.4, 0.5) is 0 Å². The molecule has 1 aliphatic rings. The van der Waals surface area contributed by atoms with Gasteiger partial charge in [0, 0.05) is 18.1 Å². The number of rotatable bonds is 20. The van der Waals surface area contributed by atoms with Crippen LogP contribution in [0.3, 0.4) is 0 Å². The molecule has 0 amide bonds. The van der Waals surface area contributed by atoms with Crippen LogP contribution in [0.1, 0.15) is 24.8 Å². The molecule has 190 valence electrons. The van der Waals surface area contributed by atoms with Crippen molar-refractivity contribution in [2.75, 3.05) is 78.9 Å². The fourth-order valence-corrected chi connectivity index (χ4v) is 4.11. The van der Waals surface area contributed by atoms with E-state index in [9.17, 15) is 0 Å². The van der Waals surface area contributed by atoms with E-state index in [1.165, 1.54) is 5.56 Å². The minimum atomic E-state index is -0.119. The second-order valence-corrected chi connectivity index (χ2v) is 8.58. The number of hydrogen-bond donors (Lipinski definition) is 1. The zero-order valence-corrected chi connectivity index (χ0v) is 20.6. The second kappa shape index (κ2) is 19.4. The van der Waals surface area contributed by atoms with Crippen LogP contribution >= 0.6 is 11.8 Å². The first kappa shape index (κ1) is 28.3. The van der Waals surface area contributed by atoms with Crippen molar-refractivity contribution in [3.8, 4) is 5.75 Å². The molecule has 1 fully saturated rings. The molecule has 2 rings (SSSR count). The van der Waals surface area contributed by atoms with Gasteiger partial charge in [-0.3, -0.25) is 0 Å². The zero-order chi connectivity index (χ0) is 23.4. The van der Waals surface area contributed by atoms with Gasteiger partial charge in [0.15, 0.2) is 6.29 Å². The second-order valence-electron chi connectivity index (χ2n) is 7.55. The summed E-state index contributed by atoms with van der Waals surface area (Å²) in [5, 5.41) is 8.63. The summed E-state index contributed by atoms with van der Waals surface area (Å²) in [6.45, 7) is 4.64. The highest BCUT2D eigenvalue weighted by molar-refractivity contribution is 7.98. The van der Waals surface area contributed by atoms with Crippen molar-refractivity contribution in [2.24, 2.45) is 0 Å². The Morgan fingerprint density at radius 2 is 1.67 bits per heavy atom. The predicted octanol–water partition coefficient (Wildman–Crippen LogP) is 2.90. The molecule has 1 aromatic carbocycles. The van der Waals surface area contributed by atoms with Crippen LogP contribution in [0.2, 0.25) is 0 Å². The molecular formula is C24H40O8S. The van der Waals surface area contributed by atoms with Crippen molar-refractivity contribution in [2.45, 2.75) is 37.4 Å². The lowest BCUT2D eigenvalue weighted by molar-refractivity contribution is -0.178. The number of aliphatic hydroxyl groups is 1. The first-order valence-electron chi connectivity index (χ1n) is 11.7. The van der Waals surface area contributed by atoms with E-state index in [4.69, 9.17) is 38.3 Å². The molecule has 2 atom stereocenters. The van der Waals surface area contributed by atoms with Gasteiger partial charge in [0.1, 0.15) is 5.75 Å². The lowest BCUT2D eigenvalue weighted by Gasteiger charge is -2.25. The molecule has 0 saturated carbocycles. The van der Waals surface area contributed by atoms with Crippen LogP contribution in [-0.4, -0.2) is 96.4 Å². The summed E-state index contributed by atoms with van der Waals surface area (Å²) < 4.78 is 39.0. The topological polar surface area (TPSA) is 84.8 Å². The Bertz CT molecular complexity index is 568. The minimum Gasteiger partial charge on any atom is -0.497 e. The first-order valence-corrected chi connectivity index (χ1v) is 12.9. The van der Waals surface area contributed by atoms with Gasteiger partial charge in [0.25, 0.3) is 0 Å². The molecule has 0 bridgehead atoms. The monoisotopic (exact) mass is 488 g/mol. The molecule has 1 unspecified atom stereocenters. The summed E-state index contributed by atoms with van der Waals surface area (Å²) in [6, 6.07) is 8.14. The molecule has 1 N–H and O–H groups in total. The molecule has 33 heavy (non-hydrogen) atoms. The molecule has 1 aromatic rings. The van der Waals surface area contributed by atoms with Crippen LogP contribution in [-0.2, 0) is 34.2 Å². The lowest BCUT2D eigenvalue weighted by Crippen LogP contribution is -2.30. The fraction of sp³-hybridized carbons (Fsp3) is 0.750. The van der Waals surface area contributed by atoms with E-state index in [1.807, 2.05) is 23.9 Å². The quantitative estimate of drug-likeness (QED) is 0.279. The van der Waals surface area contributed by atoms with Crippen molar-refractivity contribution in [1.29, 1.82) is 0 Å². The Balaban J connectivity index is 1.60. The van der Waals surface area contributed by atoms with Gasteiger partial charge in [0.2, 0.25) is 0 Å². The van der Waals surface area contributed by atoms with Crippen molar-refractivity contribution in [3.63, 3.8) is 0 Å². The molecule has 0 radical (unpaired) electrons. The average Bonchev–Trinajstić information content (AvgIpc) is 2.86. The molecular weight excluding hydrogens is 448 g/mol. The molecule has 1 heterocycles. The van der Waals surface area contributed by atoms with E-state index in [0.29, 0.717) is 52.9 Å². The average molecular weight is 489 g/mol. The summed E-state index contributed by atoms with van der Waals surface area (Å²) in [5.41, 5.74) is 1.25. The fourth-order valence-electron chi connectivity index (χ4n) is 3.11. The van der Waals surface area contributed by atoms with Crippen molar-refractivity contribution < 1.29 is 38.3 Å². The van der Waals surface area contributed by atoms with E-state index in [0.717, 1.165) is 43.1 Å². The maximum atomic E-state index is 8.63. The highest BCUT2D eigenvalue weighted by Crippen LogP contribution is 2.19. The van der Waals surface area contributed by atoms with Gasteiger partial charge in [-0.2, -0.15) is 11.8 Å². The Morgan fingerprint density at radius 3 is 2.30 bits per heavy atom. The summed E-state index contributed by atoms with van der Waals surface area (Å²) in [6.07, 6.45) is 3.05. The Kier molecular flexibility index (Phi) is 16.7. The van der Waals surface area contributed by atoms with Gasteiger partial charge in [0.05, 0.1) is 72.7 Å². The van der Waals surface area contributed by atoms with E-state index >= 15 is 0 Å². The molecule has 9 heteroatoms. The van der Waals surface area contributed by atoms with Crippen molar-refractivity contribution in [1.82, 2.24) is 0 Å². The maximum absolute atomic E-state index is 8.63. The molecule has 8 nitrogen and oxygen atoms in total. The van der Waals surface area contributed by atoms with Gasteiger partial charge in [-0.25, -0.2) is 0 Å². The van der Waals surface area contributed by atoms with Crippen molar-refractivity contribution in [3.05, 3.63) is 29.8 Å². The smallest absolute Gasteiger partial charge is 0.157 e. The molecule has 1 saturated heterocycles. The summed E-state index contributed by atoms with van der Waals surface area (Å²) in [7, 11) is 1.68. The lowest BCUT2D eigenvalue weighted by atomic mass is 10.2. The maximum Gasteiger partial charge on any atom is 0.157 e. The number of benzene rings is 1. The minimum absolute atomic E-state index is 0.0256. The molecule has 1 aliphatic heterocycles. The van der Waals surface area contributed by atoms with Crippen LogP contribution in [0.15, 0.2) is 24.3 Å². The highest BCUT2D eigenvalue weighted by Gasteiger charge is 2.17. The highest BCUT2D eigenvalue weighted by atomic mass is 32.2. The van der Waals surface area contributed by atoms with E-state index in [1.54, 1.807) is 7.11 Å². The molecule has 0 spiro atoms. The SMILES string of the molecule is COc1ccc(CSC[C@@H](COC2CCCCO2)OCCOCCOCCOCCO)cc1. The predicted molar refractivity (Wildman–Crippen MR) is 128 cm³/mol. The van der Waals surface area contributed by atoms with E-state index < -0.39 is 0 Å². The van der Waals surface area contributed by atoms with Crippen LogP contribution < -0.4 is 4.74 Å². The van der Waals surface area contributed by atoms with Gasteiger partial charge < -0.3 is 38.3 Å². The number of ether oxygens (including phenoxy) is 7. The van der Waals surface area contributed by atoms with E-state index in [2.05, 4.69) is 12.1 Å². The molecule has 0 aromatic heterocycles. The van der Waals surface area contributed by atoms with Gasteiger partial charge >= 0.3 is 0 Å². The van der Waals surface area contributed by atoms with Crippen molar-refractivity contribution >= 4 is 11.8 Å². The summed E-state index contributed by atoms with van der Waals surface area (Å²) in [5.74, 6) is 2.60. The summed E-state index contributed by atoms with van der Waals surface area (Å²) in [4.78, 5) is 0. The normalized spacial score (nSPS) is 17.2. The van der Waals surface area contributed by atoms with Gasteiger partial charge in [-0.15, -0.1) is 0 Å². The third kappa shape index (κ3) is 14.2. The number of aliphatic hydroxyl groups excluding tert-OH is 1. The number of methoxy groups -OCH3 is 1. The molecule has 0 aliphatic carbocycles. The van der Waals surface area contributed by atoms with Gasteiger partial charge in [-0.05, 0) is 37.0 Å². The Labute approximate surface area is 202 Å². The van der Waals surface area contributed by atoms with Gasteiger partial charge in [-0.1, -0.05) is 12.1 Å². The first-order chi connectivity index (χ1) is 16.3. The number of thioether (sulfide) groups is 1. The third-order valence-corrected chi connectivity index (χ3v) is 6.04. The Hall–Kier alpha value is -0.910.